The second kappa shape index (κ2) is 7.23. The standard InChI is InChI=1S/C13H12ClF3N6/c1-2-9(13(15,16)17)20-12-22-10(14)21-11(23-12)19-7-8-5-3-4-6-18-8/h2-6H,7H2,1H3,(H2,19,20,21,22,23). The van der Waals surface area contributed by atoms with E-state index in [1.54, 1.807) is 24.4 Å². The van der Waals surface area contributed by atoms with Crippen molar-refractivity contribution in [1.29, 1.82) is 0 Å². The van der Waals surface area contributed by atoms with Gasteiger partial charge in [-0.25, -0.2) is 0 Å². The van der Waals surface area contributed by atoms with Crippen LogP contribution in [0, 0.1) is 0 Å². The Bertz CT molecular complexity index is 690. The van der Waals surface area contributed by atoms with E-state index in [4.69, 9.17) is 11.6 Å². The third-order valence-electron chi connectivity index (χ3n) is 2.60. The fraction of sp³-hybridized carbons (Fsp3) is 0.231. The van der Waals surface area contributed by atoms with Crippen LogP contribution in [0.4, 0.5) is 25.1 Å². The average molecular weight is 345 g/mol. The Labute approximate surface area is 134 Å². The van der Waals surface area contributed by atoms with Gasteiger partial charge in [-0.15, -0.1) is 0 Å². The molecule has 2 heterocycles. The zero-order valence-corrected chi connectivity index (χ0v) is 12.7. The largest absolute Gasteiger partial charge is 0.431 e. The molecule has 2 aromatic heterocycles. The Morgan fingerprint density at radius 3 is 2.57 bits per heavy atom. The van der Waals surface area contributed by atoms with E-state index in [-0.39, 0.29) is 23.7 Å². The molecule has 122 valence electrons. The molecule has 0 amide bonds. The van der Waals surface area contributed by atoms with E-state index in [2.05, 4.69) is 30.6 Å². The lowest BCUT2D eigenvalue weighted by Crippen LogP contribution is -2.20. The van der Waals surface area contributed by atoms with Crippen molar-refractivity contribution in [3.05, 3.63) is 47.1 Å². The van der Waals surface area contributed by atoms with Gasteiger partial charge in [0.25, 0.3) is 0 Å². The molecule has 0 spiro atoms. The molecule has 0 aliphatic heterocycles. The van der Waals surface area contributed by atoms with Crippen LogP contribution in [0.1, 0.15) is 12.6 Å². The maximum absolute atomic E-state index is 12.7. The molecular formula is C13H12ClF3N6. The van der Waals surface area contributed by atoms with Gasteiger partial charge in [0.05, 0.1) is 12.2 Å². The minimum absolute atomic E-state index is 0.0378. The van der Waals surface area contributed by atoms with Crippen molar-refractivity contribution in [2.24, 2.45) is 0 Å². The molecule has 0 fully saturated rings. The molecule has 0 atom stereocenters. The van der Waals surface area contributed by atoms with Gasteiger partial charge < -0.3 is 10.6 Å². The fourth-order valence-electron chi connectivity index (χ4n) is 1.58. The van der Waals surface area contributed by atoms with Gasteiger partial charge in [-0.05, 0) is 30.7 Å². The summed E-state index contributed by atoms with van der Waals surface area (Å²) in [4.78, 5) is 15.4. The maximum atomic E-state index is 12.7. The number of hydrogen-bond acceptors (Lipinski definition) is 6. The van der Waals surface area contributed by atoms with Crippen LogP contribution in [0.5, 0.6) is 0 Å². The number of pyridine rings is 1. The van der Waals surface area contributed by atoms with Gasteiger partial charge in [0.2, 0.25) is 17.2 Å². The van der Waals surface area contributed by atoms with Crippen molar-refractivity contribution in [1.82, 2.24) is 19.9 Å². The summed E-state index contributed by atoms with van der Waals surface area (Å²) in [5, 5.41) is 4.67. The zero-order valence-electron chi connectivity index (χ0n) is 11.9. The van der Waals surface area contributed by atoms with Gasteiger partial charge in [0.1, 0.15) is 5.70 Å². The SMILES string of the molecule is CC=C(Nc1nc(Cl)nc(NCc2ccccn2)n1)C(F)(F)F. The minimum atomic E-state index is -4.55. The molecule has 0 aromatic carbocycles. The second-order valence-electron chi connectivity index (χ2n) is 4.25. The summed E-state index contributed by atoms with van der Waals surface area (Å²) in [6, 6.07) is 5.34. The Balaban J connectivity index is 2.12. The highest BCUT2D eigenvalue weighted by molar-refractivity contribution is 6.28. The van der Waals surface area contributed by atoms with Crippen LogP contribution >= 0.6 is 11.6 Å². The number of hydrogen-bond donors (Lipinski definition) is 2. The lowest BCUT2D eigenvalue weighted by Gasteiger charge is -2.13. The summed E-state index contributed by atoms with van der Waals surface area (Å²) >= 11 is 5.71. The predicted molar refractivity (Wildman–Crippen MR) is 79.8 cm³/mol. The molecule has 2 rings (SSSR count). The van der Waals surface area contributed by atoms with Gasteiger partial charge in [-0.2, -0.15) is 28.1 Å². The number of allylic oxidation sites excluding steroid dienone is 2. The highest BCUT2D eigenvalue weighted by Crippen LogP contribution is 2.26. The van der Waals surface area contributed by atoms with Crippen molar-refractivity contribution in [2.75, 3.05) is 10.6 Å². The van der Waals surface area contributed by atoms with Crippen molar-refractivity contribution in [3.63, 3.8) is 0 Å². The van der Waals surface area contributed by atoms with E-state index in [9.17, 15) is 13.2 Å². The third-order valence-corrected chi connectivity index (χ3v) is 2.77. The third kappa shape index (κ3) is 5.06. The van der Waals surface area contributed by atoms with E-state index in [1.165, 1.54) is 6.92 Å². The summed E-state index contributed by atoms with van der Waals surface area (Å²) in [7, 11) is 0. The average Bonchev–Trinajstić information content (AvgIpc) is 2.50. The van der Waals surface area contributed by atoms with Gasteiger partial charge >= 0.3 is 6.18 Å². The molecule has 0 aliphatic rings. The van der Waals surface area contributed by atoms with Gasteiger partial charge in [-0.3, -0.25) is 4.98 Å². The zero-order chi connectivity index (χ0) is 16.9. The molecule has 0 bridgehead atoms. The maximum Gasteiger partial charge on any atom is 0.431 e. The molecule has 0 unspecified atom stereocenters. The molecule has 10 heteroatoms. The number of nitrogens with one attached hydrogen (secondary N) is 2. The first-order valence-corrected chi connectivity index (χ1v) is 6.82. The fourth-order valence-corrected chi connectivity index (χ4v) is 1.74. The highest BCUT2D eigenvalue weighted by atomic mass is 35.5. The predicted octanol–water partition coefficient (Wildman–Crippen LogP) is 3.41. The first-order valence-electron chi connectivity index (χ1n) is 6.44. The molecule has 2 N–H and O–H groups in total. The quantitative estimate of drug-likeness (QED) is 0.865. The van der Waals surface area contributed by atoms with Crippen LogP contribution in [0.15, 0.2) is 36.2 Å². The Morgan fingerprint density at radius 2 is 1.96 bits per heavy atom. The summed E-state index contributed by atoms with van der Waals surface area (Å²) < 4.78 is 38.2. The van der Waals surface area contributed by atoms with E-state index < -0.39 is 11.9 Å². The van der Waals surface area contributed by atoms with E-state index in [0.717, 1.165) is 6.08 Å². The van der Waals surface area contributed by atoms with E-state index in [1.807, 2.05) is 0 Å². The molecule has 0 saturated carbocycles. The number of rotatable bonds is 5. The summed E-state index contributed by atoms with van der Waals surface area (Å²) in [5.41, 5.74) is -0.279. The second-order valence-corrected chi connectivity index (χ2v) is 4.59. The smallest absolute Gasteiger partial charge is 0.348 e. The Morgan fingerprint density at radius 1 is 1.22 bits per heavy atom. The number of anilines is 2. The van der Waals surface area contributed by atoms with Gasteiger partial charge in [0, 0.05) is 6.20 Å². The Kier molecular flexibility index (Phi) is 5.32. The van der Waals surface area contributed by atoms with E-state index in [0.29, 0.717) is 5.69 Å². The van der Waals surface area contributed by atoms with Gasteiger partial charge in [-0.1, -0.05) is 12.1 Å². The minimum Gasteiger partial charge on any atom is -0.348 e. The van der Waals surface area contributed by atoms with Crippen molar-refractivity contribution in [3.8, 4) is 0 Å². The number of nitrogens with zero attached hydrogens (tertiary/aromatic N) is 4. The summed E-state index contributed by atoms with van der Waals surface area (Å²) in [5.74, 6) is -0.269. The van der Waals surface area contributed by atoms with E-state index >= 15 is 0 Å². The van der Waals surface area contributed by atoms with Crippen LogP contribution < -0.4 is 10.6 Å². The topological polar surface area (TPSA) is 75.6 Å². The van der Waals surface area contributed by atoms with Crippen LogP contribution in [0.2, 0.25) is 5.28 Å². The van der Waals surface area contributed by atoms with Crippen LogP contribution in [-0.2, 0) is 6.54 Å². The van der Waals surface area contributed by atoms with Crippen LogP contribution in [0.25, 0.3) is 0 Å². The first kappa shape index (κ1) is 16.9. The van der Waals surface area contributed by atoms with Gasteiger partial charge in [0.15, 0.2) is 0 Å². The van der Waals surface area contributed by atoms with Crippen LogP contribution in [0.3, 0.4) is 0 Å². The Hall–Kier alpha value is -2.42. The van der Waals surface area contributed by atoms with Crippen molar-refractivity contribution < 1.29 is 13.2 Å². The lowest BCUT2D eigenvalue weighted by molar-refractivity contribution is -0.0904. The number of aromatic nitrogens is 4. The molecule has 23 heavy (non-hydrogen) atoms. The molecule has 2 aromatic rings. The van der Waals surface area contributed by atoms with Crippen molar-refractivity contribution in [2.45, 2.75) is 19.6 Å². The normalized spacial score (nSPS) is 12.1. The first-order chi connectivity index (χ1) is 10.9. The molecule has 0 aliphatic carbocycles. The van der Waals surface area contributed by atoms with Crippen LogP contribution in [-0.4, -0.2) is 26.1 Å². The molecule has 0 radical (unpaired) electrons. The number of halogens is 4. The van der Waals surface area contributed by atoms with Crippen molar-refractivity contribution >= 4 is 23.5 Å². The number of alkyl halides is 3. The monoisotopic (exact) mass is 344 g/mol. The molecule has 0 saturated heterocycles. The lowest BCUT2D eigenvalue weighted by atomic mass is 10.3. The highest BCUT2D eigenvalue weighted by Gasteiger charge is 2.33. The summed E-state index contributed by atoms with van der Waals surface area (Å²) in [6.45, 7) is 1.54. The summed E-state index contributed by atoms with van der Waals surface area (Å²) in [6.07, 6.45) is -2.06. The molecule has 6 nitrogen and oxygen atoms in total. The molecular weight excluding hydrogens is 333 g/mol.